The molecule has 0 fully saturated rings. The summed E-state index contributed by atoms with van der Waals surface area (Å²) < 4.78 is 0.865. The summed E-state index contributed by atoms with van der Waals surface area (Å²) in [5, 5.41) is 4.00. The van der Waals surface area contributed by atoms with Crippen LogP contribution in [0, 0.1) is 0 Å². The van der Waals surface area contributed by atoms with E-state index >= 15 is 0 Å². The van der Waals surface area contributed by atoms with Crippen LogP contribution in [0.4, 0.5) is 11.5 Å². The molecule has 0 aliphatic carbocycles. The Morgan fingerprint density at radius 1 is 1.33 bits per heavy atom. The second kappa shape index (κ2) is 5.59. The van der Waals surface area contributed by atoms with Gasteiger partial charge in [0.2, 0.25) is 0 Å². The molecule has 0 radical (unpaired) electrons. The van der Waals surface area contributed by atoms with Gasteiger partial charge in [0.1, 0.15) is 5.82 Å². The minimum atomic E-state index is 0.109. The highest BCUT2D eigenvalue weighted by Gasteiger charge is 2.08. The summed E-state index contributed by atoms with van der Waals surface area (Å²) in [5.41, 5.74) is 7.64. The van der Waals surface area contributed by atoms with E-state index in [1.165, 1.54) is 0 Å². The minimum Gasteiger partial charge on any atom is -0.396 e. The predicted molar refractivity (Wildman–Crippen MR) is 79.8 cm³/mol. The van der Waals surface area contributed by atoms with Gasteiger partial charge in [-0.3, -0.25) is 0 Å². The predicted octanol–water partition coefficient (Wildman–Crippen LogP) is 4.25. The van der Waals surface area contributed by atoms with Gasteiger partial charge in [-0.1, -0.05) is 23.7 Å². The molecule has 3 N–H and O–H groups in total. The lowest BCUT2D eigenvalue weighted by atomic mass is 10.1. The molecule has 1 aromatic heterocycles. The Kier molecular flexibility index (Phi) is 4.09. The number of anilines is 2. The second-order valence-corrected chi connectivity index (χ2v) is 5.36. The smallest absolute Gasteiger partial charge is 0.149 e. The number of hydrogen-bond donors (Lipinski definition) is 2. The summed E-state index contributed by atoms with van der Waals surface area (Å²) in [4.78, 5) is 4.25. The Balaban J connectivity index is 2.15. The molecule has 1 atom stereocenters. The van der Waals surface area contributed by atoms with Gasteiger partial charge in [0.25, 0.3) is 0 Å². The van der Waals surface area contributed by atoms with E-state index in [-0.39, 0.29) is 6.04 Å². The van der Waals surface area contributed by atoms with Gasteiger partial charge in [0.05, 0.1) is 11.7 Å². The molecular weight excluding hydrogens is 314 g/mol. The molecule has 2 aromatic rings. The highest BCUT2D eigenvalue weighted by molar-refractivity contribution is 9.10. The monoisotopic (exact) mass is 325 g/mol. The molecule has 0 saturated heterocycles. The van der Waals surface area contributed by atoms with Gasteiger partial charge in [0.15, 0.2) is 0 Å². The Morgan fingerprint density at radius 3 is 2.61 bits per heavy atom. The van der Waals surface area contributed by atoms with Crippen molar-refractivity contribution in [3.8, 4) is 0 Å². The van der Waals surface area contributed by atoms with Gasteiger partial charge in [0, 0.05) is 15.7 Å². The summed E-state index contributed by atoms with van der Waals surface area (Å²) in [6, 6.07) is 9.63. The first-order chi connectivity index (χ1) is 8.56. The third-order valence-corrected chi connectivity index (χ3v) is 3.29. The van der Waals surface area contributed by atoms with Crippen molar-refractivity contribution in [1.29, 1.82) is 0 Å². The lowest BCUT2D eigenvalue weighted by Crippen LogP contribution is -2.09. The topological polar surface area (TPSA) is 50.9 Å². The fourth-order valence-electron chi connectivity index (χ4n) is 1.62. The van der Waals surface area contributed by atoms with Crippen LogP contribution < -0.4 is 11.1 Å². The van der Waals surface area contributed by atoms with Crippen molar-refractivity contribution >= 4 is 39.0 Å². The number of hydrogen-bond acceptors (Lipinski definition) is 3. The molecule has 3 nitrogen and oxygen atoms in total. The van der Waals surface area contributed by atoms with E-state index in [4.69, 9.17) is 17.3 Å². The van der Waals surface area contributed by atoms with Crippen molar-refractivity contribution in [2.24, 2.45) is 0 Å². The van der Waals surface area contributed by atoms with Gasteiger partial charge in [-0.25, -0.2) is 4.98 Å². The first-order valence-corrected chi connectivity index (χ1v) is 6.66. The summed E-state index contributed by atoms with van der Waals surface area (Å²) in [6.07, 6.45) is 1.72. The number of nitrogens with zero attached hydrogens (tertiary/aromatic N) is 1. The summed E-state index contributed by atoms with van der Waals surface area (Å²) in [6.45, 7) is 2.05. The third kappa shape index (κ3) is 3.15. The highest BCUT2D eigenvalue weighted by Crippen LogP contribution is 2.25. The lowest BCUT2D eigenvalue weighted by molar-refractivity contribution is 0.875. The van der Waals surface area contributed by atoms with E-state index in [2.05, 4.69) is 26.2 Å². The first-order valence-electron chi connectivity index (χ1n) is 5.49. The number of nitrogens with two attached hydrogens (primary N) is 1. The Labute approximate surface area is 119 Å². The summed E-state index contributed by atoms with van der Waals surface area (Å²) in [5.74, 6) is 0.681. The number of aromatic nitrogens is 1. The van der Waals surface area contributed by atoms with Crippen LogP contribution in [0.1, 0.15) is 18.5 Å². The average molecular weight is 327 g/mol. The van der Waals surface area contributed by atoms with Crippen molar-refractivity contribution < 1.29 is 0 Å². The van der Waals surface area contributed by atoms with E-state index in [9.17, 15) is 0 Å². The number of halogens is 2. The highest BCUT2D eigenvalue weighted by atomic mass is 79.9. The number of rotatable bonds is 3. The van der Waals surface area contributed by atoms with Crippen molar-refractivity contribution in [3.63, 3.8) is 0 Å². The van der Waals surface area contributed by atoms with Crippen molar-refractivity contribution in [1.82, 2.24) is 4.98 Å². The maximum atomic E-state index is 5.90. The van der Waals surface area contributed by atoms with Gasteiger partial charge in [-0.15, -0.1) is 0 Å². The molecule has 94 valence electrons. The molecule has 0 aliphatic heterocycles. The molecule has 5 heteroatoms. The largest absolute Gasteiger partial charge is 0.396 e. The van der Waals surface area contributed by atoms with E-state index in [1.807, 2.05) is 37.3 Å². The fourth-order valence-corrected chi connectivity index (χ4v) is 2.09. The zero-order valence-electron chi connectivity index (χ0n) is 9.82. The van der Waals surface area contributed by atoms with Gasteiger partial charge < -0.3 is 11.1 Å². The molecule has 1 heterocycles. The second-order valence-electron chi connectivity index (χ2n) is 4.01. The SMILES string of the molecule is CC(Nc1ncc(Br)cc1N)c1ccc(Cl)cc1. The van der Waals surface area contributed by atoms with Gasteiger partial charge in [-0.05, 0) is 46.6 Å². The Bertz CT molecular complexity index is 542. The standard InChI is InChI=1S/C13H13BrClN3/c1-8(9-2-4-11(15)5-3-9)18-13-12(16)6-10(14)7-17-13/h2-8H,16H2,1H3,(H,17,18). The van der Waals surface area contributed by atoms with Crippen LogP contribution >= 0.6 is 27.5 Å². The molecule has 0 saturated carbocycles. The molecule has 0 amide bonds. The fraction of sp³-hybridized carbons (Fsp3) is 0.154. The van der Waals surface area contributed by atoms with E-state index < -0.39 is 0 Å². The maximum Gasteiger partial charge on any atom is 0.149 e. The van der Waals surface area contributed by atoms with Crippen LogP contribution in [0.3, 0.4) is 0 Å². The minimum absolute atomic E-state index is 0.109. The zero-order valence-corrected chi connectivity index (χ0v) is 12.2. The van der Waals surface area contributed by atoms with Crippen molar-refractivity contribution in [3.05, 3.63) is 51.6 Å². The van der Waals surface area contributed by atoms with Gasteiger partial charge >= 0.3 is 0 Å². The molecule has 0 spiro atoms. The quantitative estimate of drug-likeness (QED) is 0.886. The molecule has 1 unspecified atom stereocenters. The molecule has 2 rings (SSSR count). The van der Waals surface area contributed by atoms with Crippen molar-refractivity contribution in [2.75, 3.05) is 11.1 Å². The molecule has 0 aliphatic rings. The van der Waals surface area contributed by atoms with Crippen LogP contribution in [-0.4, -0.2) is 4.98 Å². The number of benzene rings is 1. The number of pyridine rings is 1. The summed E-state index contributed by atoms with van der Waals surface area (Å²) in [7, 11) is 0. The molecule has 0 bridgehead atoms. The van der Waals surface area contributed by atoms with Crippen LogP contribution in [0.25, 0.3) is 0 Å². The number of nitrogens with one attached hydrogen (secondary N) is 1. The Morgan fingerprint density at radius 2 is 2.00 bits per heavy atom. The molecular formula is C13H13BrClN3. The first kappa shape index (κ1) is 13.2. The van der Waals surface area contributed by atoms with Crippen LogP contribution in [-0.2, 0) is 0 Å². The Hall–Kier alpha value is -1.26. The van der Waals surface area contributed by atoms with Crippen LogP contribution in [0.15, 0.2) is 41.0 Å². The molecule has 1 aromatic carbocycles. The number of nitrogen functional groups attached to an aromatic ring is 1. The van der Waals surface area contributed by atoms with E-state index in [0.29, 0.717) is 11.5 Å². The zero-order chi connectivity index (χ0) is 13.1. The third-order valence-electron chi connectivity index (χ3n) is 2.61. The van der Waals surface area contributed by atoms with Gasteiger partial charge in [-0.2, -0.15) is 0 Å². The van der Waals surface area contributed by atoms with Crippen LogP contribution in [0.5, 0.6) is 0 Å². The van der Waals surface area contributed by atoms with E-state index in [1.54, 1.807) is 6.20 Å². The van der Waals surface area contributed by atoms with E-state index in [0.717, 1.165) is 15.1 Å². The molecule has 18 heavy (non-hydrogen) atoms. The normalized spacial score (nSPS) is 12.2. The average Bonchev–Trinajstić information content (AvgIpc) is 2.33. The van der Waals surface area contributed by atoms with Crippen molar-refractivity contribution in [2.45, 2.75) is 13.0 Å². The van der Waals surface area contributed by atoms with Crippen LogP contribution in [0.2, 0.25) is 5.02 Å². The summed E-state index contributed by atoms with van der Waals surface area (Å²) >= 11 is 9.19. The lowest BCUT2D eigenvalue weighted by Gasteiger charge is -2.16. The maximum absolute atomic E-state index is 5.90.